The lowest BCUT2D eigenvalue weighted by Gasteiger charge is -2.06. The van der Waals surface area contributed by atoms with E-state index in [2.05, 4.69) is 0 Å². The van der Waals surface area contributed by atoms with E-state index in [1.54, 1.807) is 12.1 Å². The zero-order valence-corrected chi connectivity index (χ0v) is 11.0. The SMILES string of the molecule is O=C(COc1cccc([N+](=O)[O-])c1)Cc1ccccc1F. The Hall–Kier alpha value is -2.76. The van der Waals surface area contributed by atoms with E-state index in [0.29, 0.717) is 5.56 Å². The van der Waals surface area contributed by atoms with Crippen molar-refractivity contribution in [2.75, 3.05) is 6.61 Å². The summed E-state index contributed by atoms with van der Waals surface area (Å²) >= 11 is 0. The van der Waals surface area contributed by atoms with Crippen molar-refractivity contribution in [2.45, 2.75) is 6.42 Å². The predicted octanol–water partition coefficient (Wildman–Crippen LogP) is 2.92. The molecule has 0 fully saturated rings. The lowest BCUT2D eigenvalue weighted by Crippen LogP contribution is -2.14. The Morgan fingerprint density at radius 3 is 2.67 bits per heavy atom. The molecule has 0 radical (unpaired) electrons. The Morgan fingerprint density at radius 1 is 1.19 bits per heavy atom. The van der Waals surface area contributed by atoms with E-state index < -0.39 is 10.7 Å². The fourth-order valence-electron chi connectivity index (χ4n) is 1.76. The third-order valence-corrected chi connectivity index (χ3v) is 2.77. The zero-order chi connectivity index (χ0) is 15.2. The second-order valence-corrected chi connectivity index (χ2v) is 4.35. The van der Waals surface area contributed by atoms with Crippen molar-refractivity contribution < 1.29 is 18.8 Å². The second kappa shape index (κ2) is 6.60. The first-order chi connectivity index (χ1) is 10.1. The van der Waals surface area contributed by atoms with Crippen LogP contribution in [0.2, 0.25) is 0 Å². The molecule has 6 heteroatoms. The first kappa shape index (κ1) is 14.6. The predicted molar refractivity (Wildman–Crippen MR) is 73.7 cm³/mol. The molecule has 0 saturated carbocycles. The van der Waals surface area contributed by atoms with Crippen LogP contribution >= 0.6 is 0 Å². The van der Waals surface area contributed by atoms with Crippen molar-refractivity contribution in [3.63, 3.8) is 0 Å². The number of nitro groups is 1. The van der Waals surface area contributed by atoms with Crippen LogP contribution in [0.15, 0.2) is 48.5 Å². The van der Waals surface area contributed by atoms with Crippen LogP contribution in [-0.4, -0.2) is 17.3 Å². The number of ether oxygens (including phenoxy) is 1. The van der Waals surface area contributed by atoms with Gasteiger partial charge in [0, 0.05) is 12.5 Å². The molecule has 0 bridgehead atoms. The van der Waals surface area contributed by atoms with Crippen molar-refractivity contribution >= 4 is 11.5 Å². The topological polar surface area (TPSA) is 69.4 Å². The van der Waals surface area contributed by atoms with Gasteiger partial charge < -0.3 is 4.74 Å². The number of Topliss-reactive ketones (excluding diaryl/α,β-unsaturated/α-hetero) is 1. The fourth-order valence-corrected chi connectivity index (χ4v) is 1.76. The quantitative estimate of drug-likeness (QED) is 0.605. The Morgan fingerprint density at radius 2 is 1.95 bits per heavy atom. The summed E-state index contributed by atoms with van der Waals surface area (Å²) in [5, 5.41) is 10.6. The molecule has 0 saturated heterocycles. The summed E-state index contributed by atoms with van der Waals surface area (Å²) in [4.78, 5) is 21.8. The molecule has 0 heterocycles. The van der Waals surface area contributed by atoms with E-state index in [-0.39, 0.29) is 30.2 Å². The zero-order valence-electron chi connectivity index (χ0n) is 11.0. The Kier molecular flexibility index (Phi) is 4.61. The van der Waals surface area contributed by atoms with Crippen LogP contribution in [0.1, 0.15) is 5.56 Å². The van der Waals surface area contributed by atoms with Crippen LogP contribution in [0.4, 0.5) is 10.1 Å². The van der Waals surface area contributed by atoms with Crippen LogP contribution < -0.4 is 4.74 Å². The van der Waals surface area contributed by atoms with Gasteiger partial charge in [0.1, 0.15) is 18.2 Å². The van der Waals surface area contributed by atoms with Crippen LogP contribution in [0, 0.1) is 15.9 Å². The highest BCUT2D eigenvalue weighted by molar-refractivity contribution is 5.82. The number of non-ortho nitro benzene ring substituents is 1. The van der Waals surface area contributed by atoms with Gasteiger partial charge >= 0.3 is 0 Å². The average molecular weight is 289 g/mol. The normalized spacial score (nSPS) is 10.1. The van der Waals surface area contributed by atoms with E-state index in [0.717, 1.165) is 0 Å². The summed E-state index contributed by atoms with van der Waals surface area (Å²) in [6.07, 6.45) is -0.0817. The molecule has 2 aromatic rings. The second-order valence-electron chi connectivity index (χ2n) is 4.35. The van der Waals surface area contributed by atoms with Gasteiger partial charge in [-0.15, -0.1) is 0 Å². The van der Waals surface area contributed by atoms with Crippen molar-refractivity contribution in [3.05, 3.63) is 70.0 Å². The summed E-state index contributed by atoms with van der Waals surface area (Å²) in [5.74, 6) is -0.529. The molecule has 0 aliphatic rings. The van der Waals surface area contributed by atoms with Gasteiger partial charge in [0.2, 0.25) is 0 Å². The third-order valence-electron chi connectivity index (χ3n) is 2.77. The average Bonchev–Trinajstić information content (AvgIpc) is 2.48. The Bertz CT molecular complexity index is 672. The maximum absolute atomic E-state index is 13.4. The van der Waals surface area contributed by atoms with E-state index >= 15 is 0 Å². The summed E-state index contributed by atoms with van der Waals surface area (Å²) < 4.78 is 18.6. The van der Waals surface area contributed by atoms with Gasteiger partial charge in [-0.1, -0.05) is 24.3 Å². The number of hydrogen-bond acceptors (Lipinski definition) is 4. The number of nitrogens with zero attached hydrogens (tertiary/aromatic N) is 1. The van der Waals surface area contributed by atoms with Crippen LogP contribution in [0.3, 0.4) is 0 Å². The molecule has 0 aliphatic carbocycles. The highest BCUT2D eigenvalue weighted by Crippen LogP contribution is 2.19. The first-order valence-electron chi connectivity index (χ1n) is 6.18. The number of benzene rings is 2. The van der Waals surface area contributed by atoms with Gasteiger partial charge in [-0.2, -0.15) is 0 Å². The van der Waals surface area contributed by atoms with Gasteiger partial charge in [0.25, 0.3) is 5.69 Å². The van der Waals surface area contributed by atoms with E-state index in [1.807, 2.05) is 0 Å². The molecule has 0 atom stereocenters. The Labute approximate surface area is 120 Å². The standard InChI is InChI=1S/C15H12FNO4/c16-15-7-2-1-4-11(15)8-13(18)10-21-14-6-3-5-12(9-14)17(19)20/h1-7,9H,8,10H2. The van der Waals surface area contributed by atoms with Crippen molar-refractivity contribution in [2.24, 2.45) is 0 Å². The third kappa shape index (κ3) is 4.10. The van der Waals surface area contributed by atoms with E-state index in [9.17, 15) is 19.3 Å². The maximum Gasteiger partial charge on any atom is 0.273 e. The van der Waals surface area contributed by atoms with Crippen LogP contribution in [0.25, 0.3) is 0 Å². The molecular weight excluding hydrogens is 277 g/mol. The monoisotopic (exact) mass is 289 g/mol. The molecule has 0 spiro atoms. The fraction of sp³-hybridized carbons (Fsp3) is 0.133. The highest BCUT2D eigenvalue weighted by atomic mass is 19.1. The summed E-state index contributed by atoms with van der Waals surface area (Å²) in [5.41, 5.74) is 0.180. The van der Waals surface area contributed by atoms with Crippen molar-refractivity contribution in [3.8, 4) is 5.75 Å². The van der Waals surface area contributed by atoms with E-state index in [4.69, 9.17) is 4.74 Å². The smallest absolute Gasteiger partial charge is 0.273 e. The number of carbonyl (C=O) groups is 1. The van der Waals surface area contributed by atoms with Gasteiger partial charge in [-0.25, -0.2) is 4.39 Å². The minimum absolute atomic E-state index is 0.0817. The number of ketones is 1. The number of halogens is 1. The molecule has 108 valence electrons. The molecule has 2 rings (SSSR count). The molecule has 21 heavy (non-hydrogen) atoms. The largest absolute Gasteiger partial charge is 0.486 e. The van der Waals surface area contributed by atoms with Crippen molar-refractivity contribution in [1.29, 1.82) is 0 Å². The van der Waals surface area contributed by atoms with Crippen molar-refractivity contribution in [1.82, 2.24) is 0 Å². The van der Waals surface area contributed by atoms with Crippen LogP contribution in [-0.2, 0) is 11.2 Å². The highest BCUT2D eigenvalue weighted by Gasteiger charge is 2.10. The minimum Gasteiger partial charge on any atom is -0.486 e. The molecule has 0 aliphatic heterocycles. The summed E-state index contributed by atoms with van der Waals surface area (Å²) in [6, 6.07) is 11.5. The lowest BCUT2D eigenvalue weighted by atomic mass is 10.1. The number of nitro benzene ring substituents is 1. The summed E-state index contributed by atoms with van der Waals surface area (Å²) in [7, 11) is 0. The van der Waals surface area contributed by atoms with Gasteiger partial charge in [0.15, 0.2) is 5.78 Å². The van der Waals surface area contributed by atoms with Gasteiger partial charge in [-0.3, -0.25) is 14.9 Å². The minimum atomic E-state index is -0.548. The molecule has 2 aromatic carbocycles. The molecule has 0 unspecified atom stereocenters. The lowest BCUT2D eigenvalue weighted by molar-refractivity contribution is -0.384. The van der Waals surface area contributed by atoms with Gasteiger partial charge in [-0.05, 0) is 17.7 Å². The number of rotatable bonds is 6. The molecular formula is C15H12FNO4. The van der Waals surface area contributed by atoms with E-state index in [1.165, 1.54) is 36.4 Å². The molecule has 5 nitrogen and oxygen atoms in total. The van der Waals surface area contributed by atoms with Gasteiger partial charge in [0.05, 0.1) is 11.0 Å². The summed E-state index contributed by atoms with van der Waals surface area (Å²) in [6.45, 7) is -0.268. The molecule has 0 aromatic heterocycles. The maximum atomic E-state index is 13.4. The van der Waals surface area contributed by atoms with Crippen LogP contribution in [0.5, 0.6) is 5.75 Å². The molecule has 0 amide bonds. The number of carbonyl (C=O) groups excluding carboxylic acids is 1. The number of hydrogen-bond donors (Lipinski definition) is 0. The first-order valence-corrected chi connectivity index (χ1v) is 6.18. The molecule has 0 N–H and O–H groups in total. The Balaban J connectivity index is 1.94.